The van der Waals surface area contributed by atoms with E-state index in [1.54, 1.807) is 30.4 Å². The number of carbonyl (C=O) groups excluding carboxylic acids is 3. The minimum Gasteiger partial charge on any atom is -0.338 e. The zero-order valence-corrected chi connectivity index (χ0v) is 15.7. The number of carbonyl (C=O) groups is 3. The van der Waals surface area contributed by atoms with Crippen LogP contribution in [0.5, 0.6) is 0 Å². The van der Waals surface area contributed by atoms with Crippen LogP contribution >= 0.6 is 0 Å². The molecule has 2 saturated heterocycles. The molecule has 0 saturated carbocycles. The maximum Gasteiger partial charge on any atom is 0.327 e. The van der Waals surface area contributed by atoms with E-state index in [1.165, 1.54) is 24.3 Å². The molecule has 0 aliphatic carbocycles. The van der Waals surface area contributed by atoms with Crippen molar-refractivity contribution in [1.29, 1.82) is 0 Å². The number of hydrogen-bond donors (Lipinski definition) is 0. The van der Waals surface area contributed by atoms with Gasteiger partial charge in [0.05, 0.1) is 5.56 Å². The summed E-state index contributed by atoms with van der Waals surface area (Å²) in [6.07, 6.45) is 7.17. The molecular weight excluding hydrogens is 360 g/mol. The molecule has 4 rings (SSSR count). The Labute approximate surface area is 162 Å². The zero-order valence-electron chi connectivity index (χ0n) is 15.7. The standard InChI is InChI=1S/C19H20N6O3/c1-23-17(27)19(24(2)18(23)28)5-8-25(9-6-19)16(26)14-11-21-15(22-12-14)13-4-3-7-20-10-13/h3-4,7,10-12H,5-6,8-9H2,1-2H3. The van der Waals surface area contributed by atoms with E-state index < -0.39 is 5.54 Å². The van der Waals surface area contributed by atoms with Gasteiger partial charge in [-0.25, -0.2) is 14.8 Å². The summed E-state index contributed by atoms with van der Waals surface area (Å²) in [6, 6.07) is 3.34. The molecular formula is C19H20N6O3. The van der Waals surface area contributed by atoms with E-state index in [-0.39, 0.29) is 17.8 Å². The minimum absolute atomic E-state index is 0.180. The molecule has 28 heavy (non-hydrogen) atoms. The molecule has 2 aromatic rings. The minimum atomic E-state index is -0.844. The molecule has 4 heterocycles. The van der Waals surface area contributed by atoms with Gasteiger partial charge in [-0.1, -0.05) is 0 Å². The molecule has 2 aromatic heterocycles. The van der Waals surface area contributed by atoms with Crippen molar-refractivity contribution in [2.45, 2.75) is 18.4 Å². The highest BCUT2D eigenvalue weighted by Gasteiger charge is 2.55. The van der Waals surface area contributed by atoms with Crippen LogP contribution < -0.4 is 0 Å². The summed E-state index contributed by atoms with van der Waals surface area (Å²) in [4.78, 5) is 54.4. The van der Waals surface area contributed by atoms with Crippen molar-refractivity contribution >= 4 is 17.8 Å². The maximum absolute atomic E-state index is 12.8. The first-order chi connectivity index (χ1) is 13.4. The Morgan fingerprint density at radius 2 is 1.75 bits per heavy atom. The molecule has 9 heteroatoms. The van der Waals surface area contributed by atoms with Gasteiger partial charge < -0.3 is 9.80 Å². The van der Waals surface area contributed by atoms with Gasteiger partial charge in [-0.15, -0.1) is 0 Å². The molecule has 2 fully saturated rings. The first kappa shape index (κ1) is 18.0. The summed E-state index contributed by atoms with van der Waals surface area (Å²) in [5.74, 6) is 0.124. The van der Waals surface area contributed by atoms with Gasteiger partial charge in [0.25, 0.3) is 11.8 Å². The van der Waals surface area contributed by atoms with Crippen LogP contribution in [-0.4, -0.2) is 80.2 Å². The molecule has 1 spiro atoms. The average Bonchev–Trinajstić information content (AvgIpc) is 2.91. The third kappa shape index (κ3) is 2.70. The number of aromatic nitrogens is 3. The van der Waals surface area contributed by atoms with Gasteiger partial charge in [0.2, 0.25) is 0 Å². The first-order valence-electron chi connectivity index (χ1n) is 9.02. The van der Waals surface area contributed by atoms with E-state index in [1.807, 2.05) is 6.07 Å². The molecule has 0 aromatic carbocycles. The second kappa shape index (κ2) is 6.66. The summed E-state index contributed by atoms with van der Waals surface area (Å²) < 4.78 is 0. The smallest absolute Gasteiger partial charge is 0.327 e. The average molecular weight is 380 g/mol. The van der Waals surface area contributed by atoms with Crippen molar-refractivity contribution < 1.29 is 14.4 Å². The molecule has 0 atom stereocenters. The number of likely N-dealkylation sites (N-methyl/N-ethyl adjacent to an activating group) is 2. The molecule has 144 valence electrons. The van der Waals surface area contributed by atoms with Gasteiger partial charge >= 0.3 is 6.03 Å². The van der Waals surface area contributed by atoms with E-state index in [0.29, 0.717) is 37.3 Å². The highest BCUT2D eigenvalue weighted by atomic mass is 16.2. The largest absolute Gasteiger partial charge is 0.338 e. The van der Waals surface area contributed by atoms with Crippen molar-refractivity contribution in [2.75, 3.05) is 27.2 Å². The number of amides is 4. The van der Waals surface area contributed by atoms with Crippen molar-refractivity contribution in [1.82, 2.24) is 29.7 Å². The Morgan fingerprint density at radius 3 is 2.29 bits per heavy atom. The molecule has 2 aliphatic heterocycles. The van der Waals surface area contributed by atoms with Crippen molar-refractivity contribution in [3.63, 3.8) is 0 Å². The third-order valence-corrected chi connectivity index (χ3v) is 5.61. The SMILES string of the molecule is CN1C(=O)N(C)C2(CCN(C(=O)c3cnc(-c4cccnc4)nc3)CC2)C1=O. The number of rotatable bonds is 2. The van der Waals surface area contributed by atoms with Crippen LogP contribution in [0.2, 0.25) is 0 Å². The number of hydrogen-bond acceptors (Lipinski definition) is 6. The van der Waals surface area contributed by atoms with Crippen LogP contribution in [0.4, 0.5) is 4.79 Å². The normalized spacial score (nSPS) is 18.9. The topological polar surface area (TPSA) is 99.6 Å². The highest BCUT2D eigenvalue weighted by molar-refractivity contribution is 6.06. The summed E-state index contributed by atoms with van der Waals surface area (Å²) in [7, 11) is 3.14. The predicted octanol–water partition coefficient (Wildman–Crippen LogP) is 1.04. The van der Waals surface area contributed by atoms with Crippen molar-refractivity contribution in [3.8, 4) is 11.4 Å². The lowest BCUT2D eigenvalue weighted by molar-refractivity contribution is -0.134. The highest BCUT2D eigenvalue weighted by Crippen LogP contribution is 2.35. The van der Waals surface area contributed by atoms with Gasteiger partial charge in [-0.3, -0.25) is 19.5 Å². The Morgan fingerprint density at radius 1 is 1.07 bits per heavy atom. The van der Waals surface area contributed by atoms with Crippen molar-refractivity contribution in [3.05, 3.63) is 42.5 Å². The van der Waals surface area contributed by atoms with E-state index in [4.69, 9.17) is 0 Å². The van der Waals surface area contributed by atoms with Crippen LogP contribution in [0.15, 0.2) is 36.9 Å². The Balaban J connectivity index is 1.46. The van der Waals surface area contributed by atoms with Gasteiger partial charge in [-0.05, 0) is 25.0 Å². The quantitative estimate of drug-likeness (QED) is 0.722. The van der Waals surface area contributed by atoms with Gasteiger partial charge in [0, 0.05) is 57.5 Å². The summed E-state index contributed by atoms with van der Waals surface area (Å²) in [5.41, 5.74) is 0.324. The van der Waals surface area contributed by atoms with Crippen LogP contribution in [-0.2, 0) is 4.79 Å². The molecule has 9 nitrogen and oxygen atoms in total. The Hall–Kier alpha value is -3.36. The number of pyridine rings is 1. The predicted molar refractivity (Wildman–Crippen MR) is 99.1 cm³/mol. The fourth-order valence-corrected chi connectivity index (χ4v) is 3.84. The first-order valence-corrected chi connectivity index (χ1v) is 9.02. The number of likely N-dealkylation sites (tertiary alicyclic amines) is 1. The van der Waals surface area contributed by atoms with Crippen molar-refractivity contribution in [2.24, 2.45) is 0 Å². The lowest BCUT2D eigenvalue weighted by Gasteiger charge is -2.40. The number of nitrogens with zero attached hydrogens (tertiary/aromatic N) is 6. The summed E-state index contributed by atoms with van der Waals surface area (Å²) >= 11 is 0. The lowest BCUT2D eigenvalue weighted by atomic mass is 9.86. The molecule has 2 aliphatic rings. The Kier molecular flexibility index (Phi) is 4.29. The Bertz CT molecular complexity index is 922. The van der Waals surface area contributed by atoms with E-state index >= 15 is 0 Å². The molecule has 4 amide bonds. The molecule has 0 bridgehead atoms. The maximum atomic E-state index is 12.8. The van der Waals surface area contributed by atoms with Gasteiger partial charge in [-0.2, -0.15) is 0 Å². The number of imide groups is 1. The molecule has 0 unspecified atom stereocenters. The van der Waals surface area contributed by atoms with Crippen LogP contribution in [0.3, 0.4) is 0 Å². The molecule has 0 N–H and O–H groups in total. The van der Waals surface area contributed by atoms with Crippen LogP contribution in [0.1, 0.15) is 23.2 Å². The number of piperidine rings is 1. The summed E-state index contributed by atoms with van der Waals surface area (Å²) in [6.45, 7) is 0.779. The van der Waals surface area contributed by atoms with Crippen LogP contribution in [0.25, 0.3) is 11.4 Å². The zero-order chi connectivity index (χ0) is 19.9. The molecule has 0 radical (unpaired) electrons. The van der Waals surface area contributed by atoms with E-state index in [9.17, 15) is 14.4 Å². The van der Waals surface area contributed by atoms with Gasteiger partial charge in [0.1, 0.15) is 5.54 Å². The van der Waals surface area contributed by atoms with Gasteiger partial charge in [0.15, 0.2) is 5.82 Å². The monoisotopic (exact) mass is 380 g/mol. The lowest BCUT2D eigenvalue weighted by Crippen LogP contribution is -2.56. The fraction of sp³-hybridized carbons (Fsp3) is 0.368. The van der Waals surface area contributed by atoms with E-state index in [2.05, 4.69) is 15.0 Å². The van der Waals surface area contributed by atoms with E-state index in [0.717, 1.165) is 10.5 Å². The van der Waals surface area contributed by atoms with Crippen LogP contribution in [0, 0.1) is 0 Å². The second-order valence-electron chi connectivity index (χ2n) is 7.07. The third-order valence-electron chi connectivity index (χ3n) is 5.61. The summed E-state index contributed by atoms with van der Waals surface area (Å²) in [5, 5.41) is 0. The fourth-order valence-electron chi connectivity index (χ4n) is 3.84. The second-order valence-corrected chi connectivity index (χ2v) is 7.07. The number of urea groups is 1.